The normalized spacial score (nSPS) is 22.0. The summed E-state index contributed by atoms with van der Waals surface area (Å²) in [7, 11) is 0. The van der Waals surface area contributed by atoms with Crippen LogP contribution in [0.15, 0.2) is 0 Å². The maximum absolute atomic E-state index is 6.20. The number of rotatable bonds is 4. The molecule has 2 heteroatoms. The van der Waals surface area contributed by atoms with Crippen molar-refractivity contribution in [2.45, 2.75) is 52.6 Å². The summed E-state index contributed by atoms with van der Waals surface area (Å²) in [6.07, 6.45) is 1.01. The second-order valence-corrected chi connectivity index (χ2v) is 4.63. The summed E-state index contributed by atoms with van der Waals surface area (Å²) < 4.78 is 0. The van der Waals surface area contributed by atoms with Gasteiger partial charge in [-0.05, 0) is 32.1 Å². The van der Waals surface area contributed by atoms with E-state index in [1.807, 2.05) is 6.92 Å². The first-order valence-corrected chi connectivity index (χ1v) is 4.83. The lowest BCUT2D eigenvalue weighted by Crippen LogP contribution is -2.49. The van der Waals surface area contributed by atoms with Crippen molar-refractivity contribution in [2.75, 3.05) is 0 Å². The minimum Gasteiger partial charge on any atom is -0.328 e. The molecular weight excluding hydrogens is 148 g/mol. The topological polar surface area (TPSA) is 52.0 Å². The van der Waals surface area contributed by atoms with Gasteiger partial charge in [-0.15, -0.1) is 0 Å². The summed E-state index contributed by atoms with van der Waals surface area (Å²) in [6, 6.07) is 0.252. The maximum atomic E-state index is 6.20. The van der Waals surface area contributed by atoms with Gasteiger partial charge in [-0.1, -0.05) is 20.8 Å². The lowest BCUT2D eigenvalue weighted by Gasteiger charge is -2.36. The Morgan fingerprint density at radius 2 is 1.58 bits per heavy atom. The van der Waals surface area contributed by atoms with Gasteiger partial charge in [0.2, 0.25) is 0 Å². The molecule has 0 aliphatic heterocycles. The average molecular weight is 172 g/mol. The maximum Gasteiger partial charge on any atom is 0.0175 e. The first-order chi connectivity index (χ1) is 5.28. The van der Waals surface area contributed by atoms with Crippen LogP contribution >= 0.6 is 0 Å². The lowest BCUT2D eigenvalue weighted by atomic mass is 9.76. The van der Waals surface area contributed by atoms with Crippen molar-refractivity contribution in [3.8, 4) is 0 Å². The number of hydrogen-bond acceptors (Lipinski definition) is 2. The fourth-order valence-corrected chi connectivity index (χ4v) is 1.38. The van der Waals surface area contributed by atoms with Crippen molar-refractivity contribution < 1.29 is 0 Å². The van der Waals surface area contributed by atoms with Crippen molar-refractivity contribution in [3.05, 3.63) is 0 Å². The molecule has 0 amide bonds. The SMILES string of the molecule is CC(N)CC(C)[C@](C)(N)C(C)C. The molecule has 2 unspecified atom stereocenters. The van der Waals surface area contributed by atoms with Gasteiger partial charge in [0.15, 0.2) is 0 Å². The molecule has 0 spiro atoms. The van der Waals surface area contributed by atoms with Crippen molar-refractivity contribution in [1.82, 2.24) is 0 Å². The van der Waals surface area contributed by atoms with Gasteiger partial charge in [-0.25, -0.2) is 0 Å². The van der Waals surface area contributed by atoms with Crippen LogP contribution in [0, 0.1) is 11.8 Å². The molecule has 74 valence electrons. The van der Waals surface area contributed by atoms with Crippen molar-refractivity contribution in [1.29, 1.82) is 0 Å². The molecule has 0 aromatic rings. The molecule has 0 saturated heterocycles. The smallest absolute Gasteiger partial charge is 0.0175 e. The van der Waals surface area contributed by atoms with Crippen molar-refractivity contribution in [2.24, 2.45) is 23.3 Å². The van der Waals surface area contributed by atoms with E-state index in [-0.39, 0.29) is 11.6 Å². The highest BCUT2D eigenvalue weighted by Gasteiger charge is 2.30. The summed E-state index contributed by atoms with van der Waals surface area (Å²) >= 11 is 0. The molecule has 0 aromatic heterocycles. The summed E-state index contributed by atoms with van der Waals surface area (Å²) in [4.78, 5) is 0. The molecule has 0 aliphatic carbocycles. The molecule has 4 N–H and O–H groups in total. The van der Waals surface area contributed by atoms with Crippen LogP contribution in [-0.2, 0) is 0 Å². The first kappa shape index (κ1) is 11.9. The summed E-state index contributed by atoms with van der Waals surface area (Å²) in [5, 5.41) is 0. The Morgan fingerprint density at radius 3 is 1.83 bits per heavy atom. The molecule has 2 nitrogen and oxygen atoms in total. The molecule has 0 fully saturated rings. The van der Waals surface area contributed by atoms with Crippen LogP contribution in [0.2, 0.25) is 0 Å². The fourth-order valence-electron chi connectivity index (χ4n) is 1.38. The summed E-state index contributed by atoms with van der Waals surface area (Å²) in [5.41, 5.74) is 11.8. The predicted octanol–water partition coefficient (Wildman–Crippen LogP) is 1.73. The Morgan fingerprint density at radius 1 is 1.17 bits per heavy atom. The molecule has 12 heavy (non-hydrogen) atoms. The van der Waals surface area contributed by atoms with E-state index in [1.54, 1.807) is 0 Å². The highest BCUT2D eigenvalue weighted by molar-refractivity contribution is 4.88. The van der Waals surface area contributed by atoms with Crippen LogP contribution in [0.5, 0.6) is 0 Å². The van der Waals surface area contributed by atoms with Crippen LogP contribution in [0.4, 0.5) is 0 Å². The van der Waals surface area contributed by atoms with Crippen LogP contribution in [-0.4, -0.2) is 11.6 Å². The van der Waals surface area contributed by atoms with E-state index in [4.69, 9.17) is 11.5 Å². The highest BCUT2D eigenvalue weighted by Crippen LogP contribution is 2.25. The Kier molecular flexibility index (Phi) is 4.21. The molecule has 0 saturated carbocycles. The van der Waals surface area contributed by atoms with Gasteiger partial charge in [0.05, 0.1) is 0 Å². The molecule has 0 aromatic carbocycles. The zero-order valence-electron chi connectivity index (χ0n) is 9.09. The number of hydrogen-bond donors (Lipinski definition) is 2. The largest absolute Gasteiger partial charge is 0.328 e. The Bertz CT molecular complexity index is 128. The van der Waals surface area contributed by atoms with E-state index < -0.39 is 0 Å². The second kappa shape index (κ2) is 4.24. The average Bonchev–Trinajstić information content (AvgIpc) is 1.85. The van der Waals surface area contributed by atoms with Crippen molar-refractivity contribution in [3.63, 3.8) is 0 Å². The third-order valence-corrected chi connectivity index (χ3v) is 3.03. The van der Waals surface area contributed by atoms with Gasteiger partial charge in [0.25, 0.3) is 0 Å². The monoisotopic (exact) mass is 172 g/mol. The highest BCUT2D eigenvalue weighted by atomic mass is 14.8. The van der Waals surface area contributed by atoms with Gasteiger partial charge in [0.1, 0.15) is 0 Å². The van der Waals surface area contributed by atoms with Gasteiger partial charge in [-0.2, -0.15) is 0 Å². The quantitative estimate of drug-likeness (QED) is 0.678. The van der Waals surface area contributed by atoms with Gasteiger partial charge < -0.3 is 11.5 Å². The van der Waals surface area contributed by atoms with Crippen molar-refractivity contribution >= 4 is 0 Å². The van der Waals surface area contributed by atoms with Gasteiger partial charge >= 0.3 is 0 Å². The van der Waals surface area contributed by atoms with Crippen LogP contribution in [0.1, 0.15) is 41.0 Å². The molecule has 0 heterocycles. The Hall–Kier alpha value is -0.0800. The second-order valence-electron chi connectivity index (χ2n) is 4.63. The zero-order valence-corrected chi connectivity index (χ0v) is 9.09. The van der Waals surface area contributed by atoms with Gasteiger partial charge in [-0.3, -0.25) is 0 Å². The van der Waals surface area contributed by atoms with E-state index in [1.165, 1.54) is 0 Å². The van der Waals surface area contributed by atoms with E-state index >= 15 is 0 Å². The molecule has 0 radical (unpaired) electrons. The molecular formula is C10H24N2. The molecule has 3 atom stereocenters. The van der Waals surface area contributed by atoms with Gasteiger partial charge in [0, 0.05) is 11.6 Å². The van der Waals surface area contributed by atoms with E-state index in [2.05, 4.69) is 27.7 Å². The molecule has 0 aliphatic rings. The Labute approximate surface area is 76.7 Å². The third kappa shape index (κ3) is 3.11. The van der Waals surface area contributed by atoms with E-state index in [9.17, 15) is 0 Å². The van der Waals surface area contributed by atoms with Crippen LogP contribution in [0.3, 0.4) is 0 Å². The molecule has 0 bridgehead atoms. The Balaban J connectivity index is 4.15. The van der Waals surface area contributed by atoms with Crippen LogP contribution in [0.25, 0.3) is 0 Å². The molecule has 0 rings (SSSR count). The lowest BCUT2D eigenvalue weighted by molar-refractivity contribution is 0.216. The van der Waals surface area contributed by atoms with E-state index in [0.29, 0.717) is 11.8 Å². The number of nitrogens with two attached hydrogens (primary N) is 2. The minimum atomic E-state index is -0.0897. The summed E-state index contributed by atoms with van der Waals surface area (Å²) in [5.74, 6) is 0.990. The predicted molar refractivity (Wildman–Crippen MR) is 54.9 cm³/mol. The third-order valence-electron chi connectivity index (χ3n) is 3.03. The standard InChI is InChI=1S/C10H24N2/c1-7(2)10(5,12)8(3)6-9(4)11/h7-9H,6,11-12H2,1-5H3/t8?,9?,10-/m1/s1. The fraction of sp³-hybridized carbons (Fsp3) is 1.00. The van der Waals surface area contributed by atoms with E-state index in [0.717, 1.165) is 6.42 Å². The van der Waals surface area contributed by atoms with Crippen LogP contribution < -0.4 is 11.5 Å². The minimum absolute atomic E-state index is 0.0897. The summed E-state index contributed by atoms with van der Waals surface area (Å²) in [6.45, 7) is 10.7. The zero-order chi connectivity index (χ0) is 9.94. The first-order valence-electron chi connectivity index (χ1n) is 4.83.